The molecule has 1 atom stereocenters. The number of rotatable bonds is 7. The summed E-state index contributed by atoms with van der Waals surface area (Å²) in [6.07, 6.45) is 11.4. The molecule has 1 fully saturated rings. The van der Waals surface area contributed by atoms with Crippen molar-refractivity contribution in [2.75, 3.05) is 0 Å². The molecule has 0 amide bonds. The molecule has 1 saturated carbocycles. The Kier molecular flexibility index (Phi) is 8.06. The summed E-state index contributed by atoms with van der Waals surface area (Å²) in [6.45, 7) is 11.8. The molecule has 0 spiro atoms. The summed E-state index contributed by atoms with van der Waals surface area (Å²) in [5.41, 5.74) is 0. The van der Waals surface area contributed by atoms with Gasteiger partial charge in [0.25, 0.3) is 0 Å². The first-order chi connectivity index (χ1) is 8.99. The molecule has 0 aliphatic heterocycles. The maximum atomic E-state index is 3.98. The van der Waals surface area contributed by atoms with Gasteiger partial charge in [0.2, 0.25) is 0 Å². The molecule has 1 rings (SSSR count). The van der Waals surface area contributed by atoms with Crippen LogP contribution in [0.2, 0.25) is 0 Å². The van der Waals surface area contributed by atoms with Gasteiger partial charge in [-0.2, -0.15) is 0 Å². The maximum absolute atomic E-state index is 3.98. The van der Waals surface area contributed by atoms with Gasteiger partial charge in [-0.3, -0.25) is 0 Å². The predicted octanol–water partition coefficient (Wildman–Crippen LogP) is 5.40. The average molecular weight is 268 g/mol. The van der Waals surface area contributed by atoms with Crippen LogP contribution in [-0.4, -0.2) is 12.1 Å². The van der Waals surface area contributed by atoms with E-state index in [1.54, 1.807) is 0 Å². The van der Waals surface area contributed by atoms with Crippen molar-refractivity contribution >= 4 is 0 Å². The number of nitrogens with one attached hydrogen (secondary N) is 1. The third-order valence-electron chi connectivity index (χ3n) is 4.62. The molecule has 1 aliphatic rings. The fourth-order valence-corrected chi connectivity index (χ4v) is 3.69. The summed E-state index contributed by atoms with van der Waals surface area (Å²) in [5.74, 6) is 2.53. The van der Waals surface area contributed by atoms with Gasteiger partial charge in [0.1, 0.15) is 0 Å². The van der Waals surface area contributed by atoms with Crippen LogP contribution in [0, 0.1) is 17.8 Å². The van der Waals surface area contributed by atoms with Crippen molar-refractivity contribution in [2.24, 2.45) is 17.8 Å². The van der Waals surface area contributed by atoms with Crippen LogP contribution in [0.5, 0.6) is 0 Å². The van der Waals surface area contributed by atoms with Gasteiger partial charge >= 0.3 is 0 Å². The molecule has 0 radical (unpaired) electrons. The lowest BCUT2D eigenvalue weighted by molar-refractivity contribution is 0.269. The fourth-order valence-electron chi connectivity index (χ4n) is 3.69. The Bertz CT molecular complexity index is 204. The van der Waals surface area contributed by atoms with E-state index in [0.717, 1.165) is 23.8 Å². The standard InChI is InChI=1S/C18H37N/c1-14(2)12-18(13-15(3)4)19-16(5)17-10-8-6-7-9-11-17/h14-19H,6-13H2,1-5H3/t16-/m1/s1. The van der Waals surface area contributed by atoms with Crippen LogP contribution in [0.4, 0.5) is 0 Å². The summed E-state index contributed by atoms with van der Waals surface area (Å²) in [6, 6.07) is 1.43. The molecule has 114 valence electrons. The van der Waals surface area contributed by atoms with Gasteiger partial charge in [0.05, 0.1) is 0 Å². The summed E-state index contributed by atoms with van der Waals surface area (Å²) < 4.78 is 0. The molecule has 1 heteroatoms. The van der Waals surface area contributed by atoms with Crippen LogP contribution in [-0.2, 0) is 0 Å². The van der Waals surface area contributed by atoms with Gasteiger partial charge in [0, 0.05) is 12.1 Å². The average Bonchev–Trinajstić information content (AvgIpc) is 2.55. The highest BCUT2D eigenvalue weighted by Crippen LogP contribution is 2.26. The van der Waals surface area contributed by atoms with Crippen molar-refractivity contribution in [2.45, 2.75) is 98.1 Å². The number of hydrogen-bond acceptors (Lipinski definition) is 1. The molecule has 0 aromatic heterocycles. The van der Waals surface area contributed by atoms with E-state index in [9.17, 15) is 0 Å². The van der Waals surface area contributed by atoms with E-state index in [0.29, 0.717) is 6.04 Å². The smallest absolute Gasteiger partial charge is 0.00745 e. The van der Waals surface area contributed by atoms with Crippen molar-refractivity contribution in [3.05, 3.63) is 0 Å². The lowest BCUT2D eigenvalue weighted by atomic mass is 9.90. The second kappa shape index (κ2) is 9.00. The Morgan fingerprint density at radius 1 is 0.789 bits per heavy atom. The van der Waals surface area contributed by atoms with E-state index in [1.807, 2.05) is 0 Å². The molecule has 0 heterocycles. The SMILES string of the molecule is CC(C)CC(CC(C)C)N[C@H](C)C1CCCCCC1. The van der Waals surface area contributed by atoms with Gasteiger partial charge in [-0.25, -0.2) is 0 Å². The minimum absolute atomic E-state index is 0.709. The largest absolute Gasteiger partial charge is 0.311 e. The summed E-state index contributed by atoms with van der Waals surface area (Å²) in [5, 5.41) is 3.98. The van der Waals surface area contributed by atoms with Crippen LogP contribution in [0.1, 0.15) is 86.0 Å². The fraction of sp³-hybridized carbons (Fsp3) is 1.00. The van der Waals surface area contributed by atoms with E-state index in [4.69, 9.17) is 0 Å². The molecule has 1 nitrogen and oxygen atoms in total. The van der Waals surface area contributed by atoms with Crippen molar-refractivity contribution < 1.29 is 0 Å². The first-order valence-electron chi connectivity index (χ1n) is 8.75. The van der Waals surface area contributed by atoms with E-state index in [1.165, 1.54) is 51.4 Å². The Balaban J connectivity index is 2.45. The molecule has 0 unspecified atom stereocenters. The molecule has 0 saturated heterocycles. The zero-order valence-electron chi connectivity index (χ0n) is 14.0. The zero-order valence-corrected chi connectivity index (χ0v) is 14.0. The first kappa shape index (κ1) is 17.0. The molecule has 1 N–H and O–H groups in total. The van der Waals surface area contributed by atoms with Crippen LogP contribution in [0.15, 0.2) is 0 Å². The third kappa shape index (κ3) is 7.34. The van der Waals surface area contributed by atoms with Gasteiger partial charge < -0.3 is 5.32 Å². The topological polar surface area (TPSA) is 12.0 Å². The van der Waals surface area contributed by atoms with Crippen LogP contribution >= 0.6 is 0 Å². The molecule has 0 aromatic rings. The molecular weight excluding hydrogens is 230 g/mol. The summed E-state index contributed by atoms with van der Waals surface area (Å²) in [7, 11) is 0. The van der Waals surface area contributed by atoms with Crippen molar-refractivity contribution in [3.8, 4) is 0 Å². The second-order valence-electron chi connectivity index (χ2n) is 7.66. The molecular formula is C18H37N. The number of hydrogen-bond donors (Lipinski definition) is 1. The molecule has 19 heavy (non-hydrogen) atoms. The highest BCUT2D eigenvalue weighted by atomic mass is 14.9. The van der Waals surface area contributed by atoms with Gasteiger partial charge in [-0.1, -0.05) is 53.4 Å². The van der Waals surface area contributed by atoms with Gasteiger partial charge in [-0.05, 0) is 50.4 Å². The Morgan fingerprint density at radius 3 is 1.68 bits per heavy atom. The Hall–Kier alpha value is -0.0400. The van der Waals surface area contributed by atoms with Crippen molar-refractivity contribution in [1.29, 1.82) is 0 Å². The van der Waals surface area contributed by atoms with Crippen LogP contribution in [0.3, 0.4) is 0 Å². The van der Waals surface area contributed by atoms with E-state index in [2.05, 4.69) is 39.9 Å². The molecule has 0 bridgehead atoms. The molecule has 1 aliphatic carbocycles. The second-order valence-corrected chi connectivity index (χ2v) is 7.66. The summed E-state index contributed by atoms with van der Waals surface area (Å²) in [4.78, 5) is 0. The Morgan fingerprint density at radius 2 is 1.26 bits per heavy atom. The summed E-state index contributed by atoms with van der Waals surface area (Å²) >= 11 is 0. The van der Waals surface area contributed by atoms with E-state index < -0.39 is 0 Å². The van der Waals surface area contributed by atoms with Gasteiger partial charge in [-0.15, -0.1) is 0 Å². The van der Waals surface area contributed by atoms with E-state index >= 15 is 0 Å². The van der Waals surface area contributed by atoms with Crippen molar-refractivity contribution in [3.63, 3.8) is 0 Å². The zero-order chi connectivity index (χ0) is 14.3. The predicted molar refractivity (Wildman–Crippen MR) is 86.5 cm³/mol. The first-order valence-corrected chi connectivity index (χ1v) is 8.75. The lowest BCUT2D eigenvalue weighted by Gasteiger charge is -2.31. The quantitative estimate of drug-likeness (QED) is 0.609. The highest BCUT2D eigenvalue weighted by molar-refractivity contribution is 4.80. The lowest BCUT2D eigenvalue weighted by Crippen LogP contribution is -2.42. The van der Waals surface area contributed by atoms with Gasteiger partial charge in [0.15, 0.2) is 0 Å². The van der Waals surface area contributed by atoms with Crippen LogP contribution in [0.25, 0.3) is 0 Å². The Labute approximate surface area is 121 Å². The monoisotopic (exact) mass is 267 g/mol. The van der Waals surface area contributed by atoms with Crippen LogP contribution < -0.4 is 5.32 Å². The van der Waals surface area contributed by atoms with E-state index in [-0.39, 0.29) is 0 Å². The van der Waals surface area contributed by atoms with Crippen molar-refractivity contribution in [1.82, 2.24) is 5.32 Å². The highest BCUT2D eigenvalue weighted by Gasteiger charge is 2.22. The maximum Gasteiger partial charge on any atom is 0.00745 e. The third-order valence-corrected chi connectivity index (χ3v) is 4.62. The normalized spacial score (nSPS) is 20.2. The minimum Gasteiger partial charge on any atom is -0.311 e. The minimum atomic E-state index is 0.709. The molecule has 0 aromatic carbocycles.